The molecule has 8 heteroatoms. The minimum absolute atomic E-state index is 0.242. The highest BCUT2D eigenvalue weighted by Gasteiger charge is 2.11. The maximum Gasteiger partial charge on any atom is 0.288 e. The lowest BCUT2D eigenvalue weighted by atomic mass is 10.3. The topological polar surface area (TPSA) is 56.1 Å². The molecule has 0 saturated heterocycles. The Morgan fingerprint density at radius 1 is 1.12 bits per heavy atom. The smallest absolute Gasteiger partial charge is 0.288 e. The first-order valence-electron chi connectivity index (χ1n) is 7.61. The zero-order chi connectivity index (χ0) is 18.5. The van der Waals surface area contributed by atoms with Gasteiger partial charge in [-0.05, 0) is 54.6 Å². The molecule has 0 aliphatic heterocycles. The van der Waals surface area contributed by atoms with Crippen LogP contribution in [0.15, 0.2) is 65.7 Å². The van der Waals surface area contributed by atoms with E-state index in [1.807, 2.05) is 12.1 Å². The summed E-state index contributed by atoms with van der Waals surface area (Å²) in [5.74, 6) is -2.13. The van der Waals surface area contributed by atoms with Crippen molar-refractivity contribution >= 4 is 23.4 Å². The van der Waals surface area contributed by atoms with Gasteiger partial charge in [-0.15, -0.1) is 0 Å². The lowest BCUT2D eigenvalue weighted by Gasteiger charge is -2.05. The quantitative estimate of drug-likeness (QED) is 0.647. The van der Waals surface area contributed by atoms with E-state index in [4.69, 9.17) is 4.74 Å². The van der Waals surface area contributed by atoms with E-state index in [9.17, 15) is 13.6 Å². The predicted octanol–water partition coefficient (Wildman–Crippen LogP) is 4.45. The van der Waals surface area contributed by atoms with Crippen LogP contribution in [-0.4, -0.2) is 28.6 Å². The number of rotatable bonds is 6. The van der Waals surface area contributed by atoms with Gasteiger partial charge in [0.15, 0.2) is 5.69 Å². The van der Waals surface area contributed by atoms with Crippen molar-refractivity contribution in [2.24, 2.45) is 0 Å². The van der Waals surface area contributed by atoms with Gasteiger partial charge in [-0.25, -0.2) is 4.68 Å². The van der Waals surface area contributed by atoms with Crippen LogP contribution in [0, 0.1) is 0 Å². The first-order valence-corrected chi connectivity index (χ1v) is 8.49. The van der Waals surface area contributed by atoms with Crippen LogP contribution < -0.4 is 10.1 Å². The van der Waals surface area contributed by atoms with E-state index in [-0.39, 0.29) is 11.6 Å². The fourth-order valence-corrected chi connectivity index (χ4v) is 2.74. The van der Waals surface area contributed by atoms with Crippen LogP contribution in [0.5, 0.6) is 5.75 Å². The van der Waals surface area contributed by atoms with Gasteiger partial charge in [0, 0.05) is 16.8 Å². The Labute approximate surface area is 153 Å². The van der Waals surface area contributed by atoms with E-state index in [2.05, 4.69) is 10.4 Å². The number of halogens is 2. The number of alkyl halides is 2. The van der Waals surface area contributed by atoms with Crippen LogP contribution in [0.4, 0.5) is 14.5 Å². The molecule has 0 aliphatic rings. The minimum atomic E-state index is -2.47. The second-order valence-electron chi connectivity index (χ2n) is 5.20. The standard InChI is InChI=1S/C18H15F2N3O2S/c1-25-14-6-4-13(5-7-14)23-11-10-16(22-23)17(24)21-12-2-8-15(9-3-12)26-18(19)20/h2-11,18H,1H3,(H,21,24). The number of ether oxygens (including phenoxy) is 1. The summed E-state index contributed by atoms with van der Waals surface area (Å²) < 4.78 is 31.3. The number of carbonyl (C=O) groups is 1. The second kappa shape index (κ2) is 8.01. The number of amides is 1. The van der Waals surface area contributed by atoms with E-state index < -0.39 is 5.76 Å². The molecule has 0 fully saturated rings. The molecular formula is C18H15F2N3O2S. The van der Waals surface area contributed by atoms with Crippen molar-refractivity contribution in [2.75, 3.05) is 12.4 Å². The number of anilines is 1. The molecule has 1 aromatic heterocycles. The summed E-state index contributed by atoms with van der Waals surface area (Å²) in [7, 11) is 1.59. The number of hydrogen-bond donors (Lipinski definition) is 1. The summed E-state index contributed by atoms with van der Waals surface area (Å²) in [4.78, 5) is 12.7. The van der Waals surface area contributed by atoms with E-state index in [1.54, 1.807) is 48.3 Å². The highest BCUT2D eigenvalue weighted by atomic mass is 32.2. The summed E-state index contributed by atoms with van der Waals surface area (Å²) in [6.45, 7) is 0. The number of aromatic nitrogens is 2. The van der Waals surface area contributed by atoms with Crippen molar-refractivity contribution in [3.63, 3.8) is 0 Å². The Hall–Kier alpha value is -2.87. The molecule has 26 heavy (non-hydrogen) atoms. The molecule has 2 aromatic carbocycles. The number of carbonyl (C=O) groups excluding carboxylic acids is 1. The van der Waals surface area contributed by atoms with Crippen LogP contribution in [0.25, 0.3) is 5.69 Å². The highest BCUT2D eigenvalue weighted by molar-refractivity contribution is 7.99. The van der Waals surface area contributed by atoms with Gasteiger partial charge >= 0.3 is 0 Å². The summed E-state index contributed by atoms with van der Waals surface area (Å²) in [5.41, 5.74) is 1.54. The molecule has 0 saturated carbocycles. The van der Waals surface area contributed by atoms with Gasteiger partial charge in [0.05, 0.1) is 12.8 Å². The van der Waals surface area contributed by atoms with Gasteiger partial charge in [0.2, 0.25) is 0 Å². The number of nitrogens with zero attached hydrogens (tertiary/aromatic N) is 2. The zero-order valence-electron chi connectivity index (χ0n) is 13.7. The average Bonchev–Trinajstić information content (AvgIpc) is 3.13. The molecule has 0 bridgehead atoms. The van der Waals surface area contributed by atoms with Crippen molar-refractivity contribution in [1.82, 2.24) is 9.78 Å². The van der Waals surface area contributed by atoms with Gasteiger partial charge in [-0.1, -0.05) is 11.8 Å². The summed E-state index contributed by atoms with van der Waals surface area (Å²) in [5, 5.41) is 6.94. The van der Waals surface area contributed by atoms with Crippen LogP contribution in [0.1, 0.15) is 10.5 Å². The van der Waals surface area contributed by atoms with Crippen molar-refractivity contribution in [3.05, 3.63) is 66.5 Å². The average molecular weight is 375 g/mol. The van der Waals surface area contributed by atoms with E-state index in [1.165, 1.54) is 12.1 Å². The van der Waals surface area contributed by atoms with Gasteiger partial charge in [-0.3, -0.25) is 4.79 Å². The van der Waals surface area contributed by atoms with Gasteiger partial charge in [0.1, 0.15) is 5.75 Å². The zero-order valence-corrected chi connectivity index (χ0v) is 14.5. The molecule has 1 amide bonds. The van der Waals surface area contributed by atoms with E-state index in [0.717, 1.165) is 11.4 Å². The van der Waals surface area contributed by atoms with Crippen LogP contribution in [0.3, 0.4) is 0 Å². The Morgan fingerprint density at radius 3 is 2.42 bits per heavy atom. The fourth-order valence-electron chi connectivity index (χ4n) is 2.24. The third-order valence-corrected chi connectivity index (χ3v) is 4.22. The Balaban J connectivity index is 1.67. The maximum atomic E-state index is 12.3. The number of nitrogens with one attached hydrogen (secondary N) is 1. The molecule has 1 N–H and O–H groups in total. The summed E-state index contributed by atoms with van der Waals surface area (Å²) in [6.07, 6.45) is 1.68. The van der Waals surface area contributed by atoms with Crippen LogP contribution in [0.2, 0.25) is 0 Å². The molecule has 134 valence electrons. The monoisotopic (exact) mass is 375 g/mol. The van der Waals surface area contributed by atoms with Crippen LogP contribution in [-0.2, 0) is 0 Å². The lowest BCUT2D eigenvalue weighted by Crippen LogP contribution is -2.13. The fraction of sp³-hybridized carbons (Fsp3) is 0.111. The maximum absolute atomic E-state index is 12.3. The molecule has 0 atom stereocenters. The predicted molar refractivity (Wildman–Crippen MR) is 96.4 cm³/mol. The first-order chi connectivity index (χ1) is 12.5. The van der Waals surface area contributed by atoms with Gasteiger partial charge in [-0.2, -0.15) is 13.9 Å². The number of methoxy groups -OCH3 is 1. The van der Waals surface area contributed by atoms with Gasteiger partial charge < -0.3 is 10.1 Å². The molecular weight excluding hydrogens is 360 g/mol. The number of benzene rings is 2. The Morgan fingerprint density at radius 2 is 1.81 bits per heavy atom. The second-order valence-corrected chi connectivity index (χ2v) is 6.26. The van der Waals surface area contributed by atoms with Crippen molar-refractivity contribution in [1.29, 1.82) is 0 Å². The molecule has 3 rings (SSSR count). The third kappa shape index (κ3) is 4.40. The first kappa shape index (κ1) is 17.9. The number of hydrogen-bond acceptors (Lipinski definition) is 4. The largest absolute Gasteiger partial charge is 0.497 e. The Kier molecular flexibility index (Phi) is 5.52. The Bertz CT molecular complexity index is 880. The lowest BCUT2D eigenvalue weighted by molar-refractivity contribution is 0.102. The summed E-state index contributed by atoms with van der Waals surface area (Å²) in [6, 6.07) is 15.1. The SMILES string of the molecule is COc1ccc(-n2ccc(C(=O)Nc3ccc(SC(F)F)cc3)n2)cc1. The minimum Gasteiger partial charge on any atom is -0.497 e. The van der Waals surface area contributed by atoms with E-state index in [0.29, 0.717) is 22.3 Å². The van der Waals surface area contributed by atoms with Crippen molar-refractivity contribution < 1.29 is 18.3 Å². The molecule has 5 nitrogen and oxygen atoms in total. The molecule has 0 unspecified atom stereocenters. The number of thioether (sulfide) groups is 1. The molecule has 0 aliphatic carbocycles. The van der Waals surface area contributed by atoms with E-state index >= 15 is 0 Å². The third-order valence-electron chi connectivity index (χ3n) is 3.50. The molecule has 3 aromatic rings. The highest BCUT2D eigenvalue weighted by Crippen LogP contribution is 2.26. The summed E-state index contributed by atoms with van der Waals surface area (Å²) >= 11 is 0.455. The molecule has 1 heterocycles. The van der Waals surface area contributed by atoms with Gasteiger partial charge in [0.25, 0.3) is 11.7 Å². The van der Waals surface area contributed by atoms with Crippen molar-refractivity contribution in [3.8, 4) is 11.4 Å². The van der Waals surface area contributed by atoms with Crippen LogP contribution >= 0.6 is 11.8 Å². The molecule has 0 spiro atoms. The van der Waals surface area contributed by atoms with Crippen molar-refractivity contribution in [2.45, 2.75) is 10.7 Å². The normalized spacial score (nSPS) is 10.8. The molecule has 0 radical (unpaired) electrons.